The molecule has 2 rings (SSSR count). The van der Waals surface area contributed by atoms with Crippen molar-refractivity contribution in [1.82, 2.24) is 0 Å². The first-order chi connectivity index (χ1) is 9.19. The van der Waals surface area contributed by atoms with Crippen LogP contribution in [0.1, 0.15) is 36.2 Å². The van der Waals surface area contributed by atoms with Gasteiger partial charge in [0.2, 0.25) is 0 Å². The highest BCUT2D eigenvalue weighted by Gasteiger charge is 2.27. The zero-order valence-electron chi connectivity index (χ0n) is 11.3. The molecule has 0 spiro atoms. The molecule has 1 saturated heterocycles. The van der Waals surface area contributed by atoms with Gasteiger partial charge in [-0.3, -0.25) is 4.79 Å². The molecule has 0 amide bonds. The summed E-state index contributed by atoms with van der Waals surface area (Å²) in [5.74, 6) is 0. The number of benzene rings is 1. The molecule has 19 heavy (non-hydrogen) atoms. The van der Waals surface area contributed by atoms with Gasteiger partial charge >= 0.3 is 0 Å². The summed E-state index contributed by atoms with van der Waals surface area (Å²) in [7, 11) is 0. The molecular weight excluding hydrogens is 240 g/mol. The molecule has 1 aliphatic rings. The van der Waals surface area contributed by atoms with Crippen LogP contribution in [-0.2, 0) is 4.74 Å². The lowest BCUT2D eigenvalue weighted by Crippen LogP contribution is -2.49. The third-order valence-electron chi connectivity index (χ3n) is 3.53. The van der Waals surface area contributed by atoms with Crippen LogP contribution in [0.2, 0.25) is 0 Å². The summed E-state index contributed by atoms with van der Waals surface area (Å²) in [6.45, 7) is 5.60. The minimum Gasteiger partial charge on any atom is -0.375 e. The molecule has 1 heterocycles. The zero-order chi connectivity index (χ0) is 13.8. The van der Waals surface area contributed by atoms with Gasteiger partial charge in [0.15, 0.2) is 0 Å². The molecule has 2 unspecified atom stereocenters. The lowest BCUT2D eigenvalue weighted by molar-refractivity contribution is 0.0299. The van der Waals surface area contributed by atoms with Gasteiger partial charge < -0.3 is 9.64 Å². The molecule has 0 N–H and O–H groups in total. The Labute approximate surface area is 113 Å². The Bertz CT molecular complexity index is 507. The first-order valence-corrected chi connectivity index (χ1v) is 6.57. The molecule has 0 radical (unpaired) electrons. The molecule has 1 fully saturated rings. The van der Waals surface area contributed by atoms with Crippen LogP contribution in [0, 0.1) is 11.3 Å². The Morgan fingerprint density at radius 1 is 1.58 bits per heavy atom. The molecule has 2 atom stereocenters. The number of rotatable bonds is 3. The number of nitrogens with zero attached hydrogens (tertiary/aromatic N) is 2. The van der Waals surface area contributed by atoms with E-state index in [4.69, 9.17) is 4.74 Å². The number of aldehydes is 1. The fourth-order valence-electron chi connectivity index (χ4n) is 2.44. The second kappa shape index (κ2) is 5.85. The molecule has 100 valence electrons. The number of hydrogen-bond donors (Lipinski definition) is 0. The highest BCUT2D eigenvalue weighted by molar-refractivity contribution is 5.78. The predicted molar refractivity (Wildman–Crippen MR) is 73.4 cm³/mol. The van der Waals surface area contributed by atoms with Gasteiger partial charge in [-0.25, -0.2) is 0 Å². The normalized spacial score (nSPS) is 22.9. The maximum Gasteiger partial charge on any atom is 0.150 e. The van der Waals surface area contributed by atoms with Gasteiger partial charge in [-0.2, -0.15) is 5.26 Å². The van der Waals surface area contributed by atoms with E-state index in [2.05, 4.69) is 17.9 Å². The van der Waals surface area contributed by atoms with Crippen LogP contribution in [0.25, 0.3) is 0 Å². The van der Waals surface area contributed by atoms with Crippen molar-refractivity contribution < 1.29 is 9.53 Å². The maximum atomic E-state index is 10.8. The van der Waals surface area contributed by atoms with Gasteiger partial charge in [0.25, 0.3) is 0 Å². The van der Waals surface area contributed by atoms with E-state index in [-0.39, 0.29) is 12.1 Å². The van der Waals surface area contributed by atoms with E-state index in [1.807, 2.05) is 13.0 Å². The molecule has 1 aromatic rings. The first kappa shape index (κ1) is 13.6. The van der Waals surface area contributed by atoms with E-state index in [0.29, 0.717) is 17.7 Å². The Kier molecular flexibility index (Phi) is 4.18. The lowest BCUT2D eigenvalue weighted by Gasteiger charge is -2.40. The smallest absolute Gasteiger partial charge is 0.150 e. The molecule has 4 nitrogen and oxygen atoms in total. The van der Waals surface area contributed by atoms with E-state index in [1.165, 1.54) is 0 Å². The maximum absolute atomic E-state index is 10.8. The number of hydrogen-bond acceptors (Lipinski definition) is 4. The van der Waals surface area contributed by atoms with Crippen LogP contribution in [0.15, 0.2) is 18.2 Å². The van der Waals surface area contributed by atoms with Crippen molar-refractivity contribution in [2.75, 3.05) is 18.1 Å². The van der Waals surface area contributed by atoms with Crippen LogP contribution in [-0.4, -0.2) is 31.6 Å². The number of nitriles is 1. The van der Waals surface area contributed by atoms with E-state index in [0.717, 1.165) is 24.9 Å². The molecule has 0 bridgehead atoms. The topological polar surface area (TPSA) is 53.3 Å². The van der Waals surface area contributed by atoms with Crippen molar-refractivity contribution in [3.63, 3.8) is 0 Å². The monoisotopic (exact) mass is 258 g/mol. The molecule has 0 aromatic heterocycles. The number of carbonyl (C=O) groups excluding carboxylic acids is 1. The summed E-state index contributed by atoms with van der Waals surface area (Å²) in [5, 5.41) is 9.27. The standard InChI is InChI=1S/C15H18N2O2/c1-3-14-10-19-11(2)8-17(14)15-5-4-12(9-18)6-13(15)7-16/h4-6,9,11,14H,3,8,10H2,1-2H3. The second-order valence-corrected chi connectivity index (χ2v) is 4.86. The SMILES string of the molecule is CCC1COC(C)CN1c1ccc(C=O)cc1C#N. The van der Waals surface area contributed by atoms with Crippen LogP contribution >= 0.6 is 0 Å². The molecular formula is C15H18N2O2. The number of anilines is 1. The van der Waals surface area contributed by atoms with E-state index < -0.39 is 0 Å². The van der Waals surface area contributed by atoms with Crippen LogP contribution < -0.4 is 4.90 Å². The summed E-state index contributed by atoms with van der Waals surface area (Å²) < 4.78 is 5.67. The Morgan fingerprint density at radius 2 is 2.37 bits per heavy atom. The van der Waals surface area contributed by atoms with Gasteiger partial charge in [0, 0.05) is 12.1 Å². The predicted octanol–water partition coefficient (Wildman–Crippen LogP) is 2.37. The number of ether oxygens (including phenoxy) is 1. The lowest BCUT2D eigenvalue weighted by atomic mass is 10.0. The number of carbonyl (C=O) groups is 1. The average Bonchev–Trinajstić information content (AvgIpc) is 2.46. The first-order valence-electron chi connectivity index (χ1n) is 6.57. The molecule has 0 aliphatic carbocycles. The van der Waals surface area contributed by atoms with Gasteiger partial charge in [-0.15, -0.1) is 0 Å². The second-order valence-electron chi connectivity index (χ2n) is 4.86. The van der Waals surface area contributed by atoms with Crippen LogP contribution in [0.4, 0.5) is 5.69 Å². The van der Waals surface area contributed by atoms with Crippen molar-refractivity contribution in [2.45, 2.75) is 32.4 Å². The third-order valence-corrected chi connectivity index (χ3v) is 3.53. The highest BCUT2D eigenvalue weighted by Crippen LogP contribution is 2.27. The largest absolute Gasteiger partial charge is 0.375 e. The van der Waals surface area contributed by atoms with Crippen molar-refractivity contribution in [3.05, 3.63) is 29.3 Å². The van der Waals surface area contributed by atoms with Gasteiger partial charge in [-0.05, 0) is 31.5 Å². The van der Waals surface area contributed by atoms with Crippen molar-refractivity contribution in [3.8, 4) is 6.07 Å². The molecule has 1 aromatic carbocycles. The summed E-state index contributed by atoms with van der Waals surface area (Å²) in [5.41, 5.74) is 1.99. The minimum atomic E-state index is 0.153. The van der Waals surface area contributed by atoms with Crippen LogP contribution in [0.5, 0.6) is 0 Å². The summed E-state index contributed by atoms with van der Waals surface area (Å²) >= 11 is 0. The van der Waals surface area contributed by atoms with Crippen molar-refractivity contribution in [1.29, 1.82) is 5.26 Å². The van der Waals surface area contributed by atoms with Crippen molar-refractivity contribution in [2.24, 2.45) is 0 Å². The average molecular weight is 258 g/mol. The Hall–Kier alpha value is -1.86. The summed E-state index contributed by atoms with van der Waals surface area (Å²) in [6, 6.07) is 7.74. The number of morpholine rings is 1. The van der Waals surface area contributed by atoms with E-state index >= 15 is 0 Å². The highest BCUT2D eigenvalue weighted by atomic mass is 16.5. The van der Waals surface area contributed by atoms with Gasteiger partial charge in [0.1, 0.15) is 12.4 Å². The van der Waals surface area contributed by atoms with Gasteiger partial charge in [-0.1, -0.05) is 6.92 Å². The summed E-state index contributed by atoms with van der Waals surface area (Å²) in [6.07, 6.45) is 1.89. The molecule has 4 heteroatoms. The summed E-state index contributed by atoms with van der Waals surface area (Å²) in [4.78, 5) is 13.0. The molecule has 0 saturated carbocycles. The molecule has 1 aliphatic heterocycles. The van der Waals surface area contributed by atoms with Crippen molar-refractivity contribution >= 4 is 12.0 Å². The van der Waals surface area contributed by atoms with Gasteiger partial charge in [0.05, 0.1) is 30.0 Å². The Morgan fingerprint density at radius 3 is 3.00 bits per heavy atom. The Balaban J connectivity index is 2.38. The van der Waals surface area contributed by atoms with E-state index in [9.17, 15) is 10.1 Å². The quantitative estimate of drug-likeness (QED) is 0.781. The fraction of sp³-hybridized carbons (Fsp3) is 0.467. The fourth-order valence-corrected chi connectivity index (χ4v) is 2.44. The minimum absolute atomic E-state index is 0.153. The van der Waals surface area contributed by atoms with E-state index in [1.54, 1.807) is 12.1 Å². The zero-order valence-corrected chi connectivity index (χ0v) is 11.3. The third kappa shape index (κ3) is 2.77. The van der Waals surface area contributed by atoms with Crippen LogP contribution in [0.3, 0.4) is 0 Å².